The largest absolute Gasteiger partial charge is 0.350 e. The summed E-state index contributed by atoms with van der Waals surface area (Å²) in [6, 6.07) is 21.5. The predicted octanol–water partition coefficient (Wildman–Crippen LogP) is 5.28. The summed E-state index contributed by atoms with van der Waals surface area (Å²) >= 11 is 6.21. The van der Waals surface area contributed by atoms with E-state index in [1.165, 1.54) is 17.0 Å². The molecule has 31 heavy (non-hydrogen) atoms. The maximum absolute atomic E-state index is 13.3. The quantitative estimate of drug-likeness (QED) is 0.520. The summed E-state index contributed by atoms with van der Waals surface area (Å²) in [6.45, 7) is 2.18. The highest BCUT2D eigenvalue weighted by Gasteiger charge is 2.30. The van der Waals surface area contributed by atoms with Crippen LogP contribution in [0.15, 0.2) is 78.9 Å². The van der Waals surface area contributed by atoms with E-state index in [9.17, 15) is 14.0 Å². The second-order valence-corrected chi connectivity index (χ2v) is 7.53. The van der Waals surface area contributed by atoms with Crippen LogP contribution < -0.4 is 5.32 Å². The third kappa shape index (κ3) is 5.92. The summed E-state index contributed by atoms with van der Waals surface area (Å²) in [7, 11) is 0. The van der Waals surface area contributed by atoms with Gasteiger partial charge in [-0.3, -0.25) is 9.59 Å². The third-order valence-corrected chi connectivity index (χ3v) is 5.34. The highest BCUT2D eigenvalue weighted by molar-refractivity contribution is 6.31. The molecule has 0 heterocycles. The average Bonchev–Trinajstić information content (AvgIpc) is 2.79. The van der Waals surface area contributed by atoms with Crippen LogP contribution in [0.4, 0.5) is 4.39 Å². The summed E-state index contributed by atoms with van der Waals surface area (Å²) in [5, 5.41) is 3.48. The van der Waals surface area contributed by atoms with Crippen molar-refractivity contribution < 1.29 is 14.0 Å². The molecule has 0 spiro atoms. The molecule has 0 saturated carbocycles. The van der Waals surface area contributed by atoms with E-state index < -0.39 is 6.04 Å². The molecule has 0 fully saturated rings. The average molecular weight is 439 g/mol. The number of carbonyl (C=O) groups excluding carboxylic acids is 2. The van der Waals surface area contributed by atoms with Gasteiger partial charge in [0.15, 0.2) is 0 Å². The molecule has 1 N–H and O–H groups in total. The van der Waals surface area contributed by atoms with Crippen LogP contribution in [-0.2, 0) is 22.7 Å². The molecule has 0 aliphatic rings. The predicted molar refractivity (Wildman–Crippen MR) is 120 cm³/mol. The summed E-state index contributed by atoms with van der Waals surface area (Å²) < 4.78 is 13.3. The summed E-state index contributed by atoms with van der Waals surface area (Å²) in [5.74, 6) is -0.838. The SMILES string of the molecule is CCC(=O)N(Cc1ccc(F)cc1)C(C(=O)NCc1ccccc1Cl)c1ccccc1. The summed E-state index contributed by atoms with van der Waals surface area (Å²) in [5.41, 5.74) is 2.22. The van der Waals surface area contributed by atoms with E-state index >= 15 is 0 Å². The Balaban J connectivity index is 1.91. The second kappa shape index (κ2) is 10.7. The zero-order chi connectivity index (χ0) is 22.2. The first-order valence-corrected chi connectivity index (χ1v) is 10.5. The molecule has 0 bridgehead atoms. The van der Waals surface area contributed by atoms with Crippen LogP contribution in [0.2, 0.25) is 5.02 Å². The summed E-state index contributed by atoms with van der Waals surface area (Å²) in [4.78, 5) is 27.7. The molecule has 3 aromatic carbocycles. The molecule has 160 valence electrons. The number of carbonyl (C=O) groups is 2. The third-order valence-electron chi connectivity index (χ3n) is 4.98. The molecule has 0 saturated heterocycles. The van der Waals surface area contributed by atoms with Crippen molar-refractivity contribution in [3.05, 3.63) is 106 Å². The maximum atomic E-state index is 13.3. The molecule has 1 unspecified atom stereocenters. The Morgan fingerprint density at radius 1 is 0.968 bits per heavy atom. The number of nitrogens with one attached hydrogen (secondary N) is 1. The fourth-order valence-electron chi connectivity index (χ4n) is 3.34. The highest BCUT2D eigenvalue weighted by atomic mass is 35.5. The van der Waals surface area contributed by atoms with Crippen LogP contribution in [-0.4, -0.2) is 16.7 Å². The first-order chi connectivity index (χ1) is 15.0. The number of nitrogens with zero attached hydrogens (tertiary/aromatic N) is 1. The minimum atomic E-state index is -0.832. The van der Waals surface area contributed by atoms with E-state index in [0.717, 1.165) is 11.1 Å². The lowest BCUT2D eigenvalue weighted by Crippen LogP contribution is -2.43. The Morgan fingerprint density at radius 3 is 2.26 bits per heavy atom. The van der Waals surface area contributed by atoms with Crippen molar-refractivity contribution in [2.45, 2.75) is 32.5 Å². The van der Waals surface area contributed by atoms with Gasteiger partial charge in [0.2, 0.25) is 11.8 Å². The van der Waals surface area contributed by atoms with Crippen molar-refractivity contribution >= 4 is 23.4 Å². The van der Waals surface area contributed by atoms with Gasteiger partial charge in [0.25, 0.3) is 0 Å². The lowest BCUT2D eigenvalue weighted by atomic mass is 10.0. The molecule has 0 aliphatic carbocycles. The lowest BCUT2D eigenvalue weighted by molar-refractivity contribution is -0.141. The fourth-order valence-corrected chi connectivity index (χ4v) is 3.54. The van der Waals surface area contributed by atoms with Crippen molar-refractivity contribution in [1.82, 2.24) is 10.2 Å². The van der Waals surface area contributed by atoms with Gasteiger partial charge in [-0.1, -0.05) is 79.2 Å². The zero-order valence-corrected chi connectivity index (χ0v) is 18.0. The Hall–Kier alpha value is -3.18. The van der Waals surface area contributed by atoms with Crippen molar-refractivity contribution in [2.75, 3.05) is 0 Å². The van der Waals surface area contributed by atoms with Gasteiger partial charge in [-0.15, -0.1) is 0 Å². The molecule has 3 aromatic rings. The summed E-state index contributed by atoms with van der Waals surface area (Å²) in [6.07, 6.45) is 0.238. The van der Waals surface area contributed by atoms with Crippen molar-refractivity contribution in [3.63, 3.8) is 0 Å². The fraction of sp³-hybridized carbons (Fsp3) is 0.200. The standard InChI is InChI=1S/C25H24ClFN2O2/c1-2-23(30)29(17-18-12-14-21(27)15-13-18)24(19-8-4-3-5-9-19)25(31)28-16-20-10-6-7-11-22(20)26/h3-15,24H,2,16-17H2,1H3,(H,28,31). The van der Waals surface area contributed by atoms with Gasteiger partial charge in [-0.25, -0.2) is 4.39 Å². The Labute approximate surface area is 186 Å². The smallest absolute Gasteiger partial charge is 0.247 e. The van der Waals surface area contributed by atoms with Crippen LogP contribution >= 0.6 is 11.6 Å². The second-order valence-electron chi connectivity index (χ2n) is 7.12. The molecule has 0 aliphatic heterocycles. The Morgan fingerprint density at radius 2 is 1.61 bits per heavy atom. The number of benzene rings is 3. The van der Waals surface area contributed by atoms with Crippen LogP contribution in [0.25, 0.3) is 0 Å². The van der Waals surface area contributed by atoms with Gasteiger partial charge in [-0.05, 0) is 34.9 Å². The molecule has 0 radical (unpaired) electrons. The van der Waals surface area contributed by atoms with Crippen LogP contribution in [0.1, 0.15) is 36.1 Å². The lowest BCUT2D eigenvalue weighted by Gasteiger charge is -2.31. The zero-order valence-electron chi connectivity index (χ0n) is 17.2. The highest BCUT2D eigenvalue weighted by Crippen LogP contribution is 2.25. The number of halogens is 2. The minimum absolute atomic E-state index is 0.175. The van der Waals surface area contributed by atoms with Crippen LogP contribution in [0, 0.1) is 5.82 Å². The Bertz CT molecular complexity index is 1030. The first-order valence-electron chi connectivity index (χ1n) is 10.1. The minimum Gasteiger partial charge on any atom is -0.350 e. The van der Waals surface area contributed by atoms with Gasteiger partial charge in [-0.2, -0.15) is 0 Å². The van der Waals surface area contributed by atoms with Crippen LogP contribution in [0.5, 0.6) is 0 Å². The first kappa shape index (κ1) is 22.5. The molecule has 4 nitrogen and oxygen atoms in total. The van der Waals surface area contributed by atoms with Crippen molar-refractivity contribution in [1.29, 1.82) is 0 Å². The van der Waals surface area contributed by atoms with E-state index in [4.69, 9.17) is 11.6 Å². The van der Waals surface area contributed by atoms with Gasteiger partial charge in [0.05, 0.1) is 0 Å². The van der Waals surface area contributed by atoms with Gasteiger partial charge in [0, 0.05) is 24.5 Å². The van der Waals surface area contributed by atoms with Gasteiger partial charge >= 0.3 is 0 Å². The number of amides is 2. The maximum Gasteiger partial charge on any atom is 0.247 e. The van der Waals surface area contributed by atoms with E-state index in [2.05, 4.69) is 5.32 Å². The van der Waals surface area contributed by atoms with Gasteiger partial charge in [0.1, 0.15) is 11.9 Å². The molecular weight excluding hydrogens is 415 g/mol. The van der Waals surface area contributed by atoms with Crippen LogP contribution in [0.3, 0.4) is 0 Å². The van der Waals surface area contributed by atoms with Gasteiger partial charge < -0.3 is 10.2 Å². The molecular formula is C25H24ClFN2O2. The topological polar surface area (TPSA) is 49.4 Å². The monoisotopic (exact) mass is 438 g/mol. The van der Waals surface area contributed by atoms with Crippen molar-refractivity contribution in [2.24, 2.45) is 0 Å². The van der Waals surface area contributed by atoms with E-state index in [0.29, 0.717) is 10.6 Å². The normalized spacial score (nSPS) is 11.6. The van der Waals surface area contributed by atoms with E-state index in [-0.39, 0.29) is 37.1 Å². The number of hydrogen-bond acceptors (Lipinski definition) is 2. The molecule has 6 heteroatoms. The van der Waals surface area contributed by atoms with Crippen molar-refractivity contribution in [3.8, 4) is 0 Å². The van der Waals surface area contributed by atoms with E-state index in [1.807, 2.05) is 48.5 Å². The Kier molecular flexibility index (Phi) is 7.79. The van der Waals surface area contributed by atoms with E-state index in [1.54, 1.807) is 25.1 Å². The molecule has 0 aromatic heterocycles. The number of hydrogen-bond donors (Lipinski definition) is 1. The molecule has 1 atom stereocenters. The molecule has 2 amide bonds. The molecule has 3 rings (SSSR count). The number of rotatable bonds is 8.